The maximum atomic E-state index is 12.4. The lowest BCUT2D eigenvalue weighted by Gasteiger charge is -2.27. The van der Waals surface area contributed by atoms with E-state index in [9.17, 15) is 9.90 Å². The molecule has 0 bridgehead atoms. The van der Waals surface area contributed by atoms with Crippen LogP contribution in [0.15, 0.2) is 91.0 Å². The number of nitrogens with zero attached hydrogens (tertiary/aromatic N) is 1. The third kappa shape index (κ3) is 7.86. The monoisotopic (exact) mass is 419 g/mol. The summed E-state index contributed by atoms with van der Waals surface area (Å²) in [5.41, 5.74) is 2.95. The molecule has 0 aliphatic rings. The van der Waals surface area contributed by atoms with Crippen LogP contribution in [0, 0.1) is 0 Å². The van der Waals surface area contributed by atoms with Gasteiger partial charge in [0.1, 0.15) is 6.61 Å². The van der Waals surface area contributed by atoms with Gasteiger partial charge >= 0.3 is 6.09 Å². The van der Waals surface area contributed by atoms with Gasteiger partial charge in [0.05, 0.1) is 12.1 Å². The van der Waals surface area contributed by atoms with Crippen molar-refractivity contribution in [3.05, 3.63) is 108 Å². The Balaban J connectivity index is 1.59. The highest BCUT2D eigenvalue weighted by atomic mass is 16.5. The lowest BCUT2D eigenvalue weighted by atomic mass is 10.0. The van der Waals surface area contributed by atoms with Gasteiger partial charge in [-0.1, -0.05) is 91.0 Å². The van der Waals surface area contributed by atoms with Crippen molar-refractivity contribution < 1.29 is 14.6 Å². The Morgan fingerprint density at radius 2 is 1.39 bits per heavy atom. The molecule has 0 aliphatic heterocycles. The third-order valence-corrected chi connectivity index (χ3v) is 4.93. The van der Waals surface area contributed by atoms with Crippen LogP contribution in [-0.4, -0.2) is 34.9 Å². The molecule has 31 heavy (non-hydrogen) atoms. The van der Waals surface area contributed by atoms with E-state index < -0.39 is 18.2 Å². The van der Waals surface area contributed by atoms with Crippen LogP contribution in [0.4, 0.5) is 4.79 Å². The van der Waals surface area contributed by atoms with Crippen LogP contribution in [0.1, 0.15) is 16.7 Å². The van der Waals surface area contributed by atoms with Crippen molar-refractivity contribution in [2.45, 2.75) is 31.7 Å². The minimum Gasteiger partial charge on any atom is -0.445 e. The zero-order valence-corrected chi connectivity index (χ0v) is 17.4. The number of rotatable bonds is 10. The Labute approximate surface area is 183 Å². The van der Waals surface area contributed by atoms with E-state index in [1.54, 1.807) is 5.01 Å². The van der Waals surface area contributed by atoms with E-state index in [0.29, 0.717) is 13.0 Å². The van der Waals surface area contributed by atoms with Crippen LogP contribution < -0.4 is 11.2 Å². The molecule has 0 aliphatic carbocycles. The van der Waals surface area contributed by atoms with Crippen molar-refractivity contribution in [3.63, 3.8) is 0 Å². The van der Waals surface area contributed by atoms with Gasteiger partial charge in [-0.2, -0.15) is 0 Å². The molecule has 0 radical (unpaired) electrons. The maximum Gasteiger partial charge on any atom is 0.407 e. The van der Waals surface area contributed by atoms with Crippen molar-refractivity contribution >= 4 is 6.09 Å². The van der Waals surface area contributed by atoms with Gasteiger partial charge in [0.25, 0.3) is 0 Å². The number of hydrazine groups is 1. The topological polar surface area (TPSA) is 87.8 Å². The Hall–Kier alpha value is -3.19. The lowest BCUT2D eigenvalue weighted by molar-refractivity contribution is 0.0685. The minimum atomic E-state index is -0.877. The van der Waals surface area contributed by atoms with Gasteiger partial charge < -0.3 is 15.2 Å². The molecule has 0 heterocycles. The molecule has 0 saturated carbocycles. The number of nitrogens with two attached hydrogens (primary N) is 1. The van der Waals surface area contributed by atoms with Crippen molar-refractivity contribution in [2.75, 3.05) is 6.54 Å². The average molecular weight is 420 g/mol. The molecule has 162 valence electrons. The standard InChI is InChI=1S/C25H29N3O3/c26-28(17-21-12-6-2-7-13-21)18-24(29)23(16-20-10-4-1-5-11-20)27-25(30)31-19-22-14-8-3-9-15-22/h1-15,23-24,29H,16-19,26H2,(H,27,30)/t23-,24-/m0/s1. The van der Waals surface area contributed by atoms with Gasteiger partial charge in [-0.3, -0.25) is 5.84 Å². The molecule has 3 aromatic rings. The number of carbonyl (C=O) groups is 1. The summed E-state index contributed by atoms with van der Waals surface area (Å²) in [6.45, 7) is 0.859. The quantitative estimate of drug-likeness (QED) is 0.347. The van der Waals surface area contributed by atoms with E-state index in [2.05, 4.69) is 5.32 Å². The molecule has 6 nitrogen and oxygen atoms in total. The highest BCUT2D eigenvalue weighted by Gasteiger charge is 2.24. The minimum absolute atomic E-state index is 0.165. The Morgan fingerprint density at radius 1 is 0.871 bits per heavy atom. The summed E-state index contributed by atoms with van der Waals surface area (Å²) < 4.78 is 5.34. The highest BCUT2D eigenvalue weighted by Crippen LogP contribution is 2.10. The van der Waals surface area contributed by atoms with Crippen LogP contribution in [0.2, 0.25) is 0 Å². The second-order valence-electron chi connectivity index (χ2n) is 7.48. The molecule has 1 amide bonds. The molecule has 2 atom stereocenters. The van der Waals surface area contributed by atoms with E-state index in [-0.39, 0.29) is 13.2 Å². The maximum absolute atomic E-state index is 12.4. The fourth-order valence-electron chi connectivity index (χ4n) is 3.32. The molecule has 3 rings (SSSR count). The molecule has 0 aromatic heterocycles. The number of amides is 1. The third-order valence-electron chi connectivity index (χ3n) is 4.93. The van der Waals surface area contributed by atoms with Crippen molar-refractivity contribution in [2.24, 2.45) is 5.84 Å². The molecular formula is C25H29N3O3. The Kier molecular flexibility index (Phi) is 8.60. The van der Waals surface area contributed by atoms with Crippen molar-refractivity contribution in [1.82, 2.24) is 10.3 Å². The van der Waals surface area contributed by atoms with Crippen LogP contribution in [0.5, 0.6) is 0 Å². The van der Waals surface area contributed by atoms with E-state index in [1.807, 2.05) is 91.0 Å². The number of nitrogens with one attached hydrogen (secondary N) is 1. The number of alkyl carbamates (subject to hydrolysis) is 1. The fraction of sp³-hybridized carbons (Fsp3) is 0.240. The van der Waals surface area contributed by atoms with Gasteiger partial charge in [-0.05, 0) is 23.1 Å². The zero-order chi connectivity index (χ0) is 21.9. The number of ether oxygens (including phenoxy) is 1. The van der Waals surface area contributed by atoms with Gasteiger partial charge in [0, 0.05) is 13.1 Å². The summed E-state index contributed by atoms with van der Waals surface area (Å²) in [7, 11) is 0. The number of hydrogen-bond donors (Lipinski definition) is 3. The summed E-state index contributed by atoms with van der Waals surface area (Å²) in [6, 6.07) is 28.4. The SMILES string of the molecule is NN(Cc1ccccc1)C[C@H](O)[C@H](Cc1ccccc1)NC(=O)OCc1ccccc1. The van der Waals surface area contributed by atoms with E-state index in [0.717, 1.165) is 16.7 Å². The predicted octanol–water partition coefficient (Wildman–Crippen LogP) is 3.26. The average Bonchev–Trinajstić information content (AvgIpc) is 2.79. The Bertz CT molecular complexity index is 907. The van der Waals surface area contributed by atoms with E-state index in [4.69, 9.17) is 10.6 Å². The number of benzene rings is 3. The molecular weight excluding hydrogens is 390 g/mol. The second kappa shape index (κ2) is 11.9. The summed E-state index contributed by atoms with van der Waals surface area (Å²) in [6.07, 6.45) is -0.990. The second-order valence-corrected chi connectivity index (χ2v) is 7.48. The first-order chi connectivity index (χ1) is 15.1. The summed E-state index contributed by atoms with van der Waals surface area (Å²) >= 11 is 0. The van der Waals surface area contributed by atoms with Crippen LogP contribution in [-0.2, 0) is 24.3 Å². The van der Waals surface area contributed by atoms with Crippen molar-refractivity contribution in [3.8, 4) is 0 Å². The number of hydrogen-bond acceptors (Lipinski definition) is 5. The molecule has 3 aromatic carbocycles. The fourth-order valence-corrected chi connectivity index (χ4v) is 3.32. The molecule has 0 spiro atoms. The van der Waals surface area contributed by atoms with Crippen LogP contribution in [0.3, 0.4) is 0 Å². The number of aliphatic hydroxyl groups is 1. The van der Waals surface area contributed by atoms with Crippen LogP contribution in [0.25, 0.3) is 0 Å². The van der Waals surface area contributed by atoms with Gasteiger partial charge in [-0.15, -0.1) is 0 Å². The first-order valence-corrected chi connectivity index (χ1v) is 10.3. The summed E-state index contributed by atoms with van der Waals surface area (Å²) in [5, 5.41) is 15.2. The van der Waals surface area contributed by atoms with Gasteiger partial charge in [-0.25, -0.2) is 9.80 Å². The predicted molar refractivity (Wildman–Crippen MR) is 121 cm³/mol. The highest BCUT2D eigenvalue weighted by molar-refractivity contribution is 5.67. The number of carbonyl (C=O) groups excluding carboxylic acids is 1. The van der Waals surface area contributed by atoms with E-state index >= 15 is 0 Å². The largest absolute Gasteiger partial charge is 0.445 e. The van der Waals surface area contributed by atoms with Crippen molar-refractivity contribution in [1.29, 1.82) is 0 Å². The van der Waals surface area contributed by atoms with Gasteiger partial charge in [0.15, 0.2) is 0 Å². The molecule has 0 unspecified atom stereocenters. The van der Waals surface area contributed by atoms with Gasteiger partial charge in [0.2, 0.25) is 0 Å². The molecule has 6 heteroatoms. The molecule has 0 fully saturated rings. The smallest absolute Gasteiger partial charge is 0.407 e. The lowest BCUT2D eigenvalue weighted by Crippen LogP contribution is -2.50. The van der Waals surface area contributed by atoms with E-state index in [1.165, 1.54) is 0 Å². The summed E-state index contributed by atoms with van der Waals surface area (Å²) in [4.78, 5) is 12.4. The first-order valence-electron chi connectivity index (χ1n) is 10.3. The molecule has 0 saturated heterocycles. The number of aliphatic hydroxyl groups excluding tert-OH is 1. The Morgan fingerprint density at radius 3 is 1.97 bits per heavy atom. The normalized spacial score (nSPS) is 12.9. The summed E-state index contributed by atoms with van der Waals surface area (Å²) in [5.74, 6) is 6.13. The first kappa shape index (κ1) is 22.5. The zero-order valence-electron chi connectivity index (χ0n) is 17.4. The van der Waals surface area contributed by atoms with Crippen LogP contribution >= 0.6 is 0 Å². The molecule has 4 N–H and O–H groups in total.